The van der Waals surface area contributed by atoms with E-state index in [0.29, 0.717) is 6.04 Å². The SMILES string of the molecule is CCN(C(=S)N[C@@H]1C[C@H]2CC[C@H]1C2)c1ccccc1. The van der Waals surface area contributed by atoms with Crippen LogP contribution in [-0.4, -0.2) is 17.7 Å². The van der Waals surface area contributed by atoms with Gasteiger partial charge in [0.05, 0.1) is 0 Å². The van der Waals surface area contributed by atoms with Crippen molar-refractivity contribution in [2.24, 2.45) is 11.8 Å². The maximum Gasteiger partial charge on any atom is 0.173 e. The number of nitrogens with zero attached hydrogens (tertiary/aromatic N) is 1. The average molecular weight is 274 g/mol. The number of anilines is 1. The predicted molar refractivity (Wildman–Crippen MR) is 84.4 cm³/mol. The van der Waals surface area contributed by atoms with Gasteiger partial charge in [0.1, 0.15) is 0 Å². The second-order valence-electron chi connectivity index (χ2n) is 5.81. The zero-order valence-electron chi connectivity index (χ0n) is 11.5. The predicted octanol–water partition coefficient (Wildman–Crippen LogP) is 3.58. The van der Waals surface area contributed by atoms with Crippen LogP contribution in [0.2, 0.25) is 0 Å². The lowest BCUT2D eigenvalue weighted by molar-refractivity contribution is 0.390. The number of hydrogen-bond acceptors (Lipinski definition) is 1. The summed E-state index contributed by atoms with van der Waals surface area (Å²) >= 11 is 5.62. The summed E-state index contributed by atoms with van der Waals surface area (Å²) < 4.78 is 0. The van der Waals surface area contributed by atoms with Crippen molar-refractivity contribution < 1.29 is 0 Å². The molecule has 3 heteroatoms. The normalized spacial score (nSPS) is 28.4. The maximum atomic E-state index is 5.62. The van der Waals surface area contributed by atoms with Gasteiger partial charge in [-0.1, -0.05) is 24.6 Å². The topological polar surface area (TPSA) is 15.3 Å². The van der Waals surface area contributed by atoms with Crippen LogP contribution in [0.4, 0.5) is 5.69 Å². The third-order valence-electron chi connectivity index (χ3n) is 4.68. The third kappa shape index (κ3) is 2.62. The molecule has 2 bridgehead atoms. The summed E-state index contributed by atoms with van der Waals surface area (Å²) in [6.07, 6.45) is 5.56. The Labute approximate surface area is 121 Å². The fourth-order valence-corrected chi connectivity index (χ4v) is 4.10. The second-order valence-corrected chi connectivity index (χ2v) is 6.20. The molecule has 0 aromatic heterocycles. The van der Waals surface area contributed by atoms with Gasteiger partial charge in [0.25, 0.3) is 0 Å². The number of nitrogens with one attached hydrogen (secondary N) is 1. The summed E-state index contributed by atoms with van der Waals surface area (Å²) in [6.45, 7) is 3.07. The van der Waals surface area contributed by atoms with Crippen LogP contribution < -0.4 is 10.2 Å². The summed E-state index contributed by atoms with van der Waals surface area (Å²) in [6, 6.07) is 11.0. The van der Waals surface area contributed by atoms with Crippen molar-refractivity contribution in [3.63, 3.8) is 0 Å². The smallest absolute Gasteiger partial charge is 0.173 e. The van der Waals surface area contributed by atoms with Crippen molar-refractivity contribution in [3.8, 4) is 0 Å². The van der Waals surface area contributed by atoms with Crippen LogP contribution in [0.25, 0.3) is 0 Å². The summed E-state index contributed by atoms with van der Waals surface area (Å²) in [5.74, 6) is 1.81. The molecule has 2 aliphatic rings. The highest BCUT2D eigenvalue weighted by Gasteiger charge is 2.39. The van der Waals surface area contributed by atoms with Crippen molar-refractivity contribution in [2.45, 2.75) is 38.6 Å². The van der Waals surface area contributed by atoms with Gasteiger partial charge in [-0.25, -0.2) is 0 Å². The summed E-state index contributed by atoms with van der Waals surface area (Å²) in [4.78, 5) is 2.20. The van der Waals surface area contributed by atoms with E-state index in [1.807, 2.05) is 6.07 Å². The molecule has 19 heavy (non-hydrogen) atoms. The molecule has 1 aromatic carbocycles. The molecule has 3 rings (SSSR count). The van der Waals surface area contributed by atoms with Crippen LogP contribution >= 0.6 is 12.2 Å². The van der Waals surface area contributed by atoms with Crippen molar-refractivity contribution in [3.05, 3.63) is 30.3 Å². The van der Waals surface area contributed by atoms with Crippen LogP contribution in [0.1, 0.15) is 32.6 Å². The fourth-order valence-electron chi connectivity index (χ4n) is 3.71. The highest BCUT2D eigenvalue weighted by atomic mass is 32.1. The van der Waals surface area contributed by atoms with Crippen molar-refractivity contribution in [1.29, 1.82) is 0 Å². The molecule has 2 aliphatic carbocycles. The van der Waals surface area contributed by atoms with E-state index in [4.69, 9.17) is 12.2 Å². The minimum Gasteiger partial charge on any atom is -0.359 e. The number of hydrogen-bond donors (Lipinski definition) is 1. The van der Waals surface area contributed by atoms with E-state index in [-0.39, 0.29) is 0 Å². The van der Waals surface area contributed by atoms with Gasteiger partial charge < -0.3 is 10.2 Å². The largest absolute Gasteiger partial charge is 0.359 e. The Morgan fingerprint density at radius 3 is 2.63 bits per heavy atom. The van der Waals surface area contributed by atoms with Gasteiger partial charge in [0.2, 0.25) is 0 Å². The Bertz CT molecular complexity index is 445. The third-order valence-corrected chi connectivity index (χ3v) is 5.01. The van der Waals surface area contributed by atoms with Gasteiger partial charge in [-0.05, 0) is 62.4 Å². The van der Waals surface area contributed by atoms with Gasteiger partial charge in [0.15, 0.2) is 5.11 Å². The molecule has 2 fully saturated rings. The first kappa shape index (κ1) is 12.9. The maximum absolute atomic E-state index is 5.62. The molecule has 0 amide bonds. The standard InChI is InChI=1S/C16H22N2S/c1-2-18(14-6-4-3-5-7-14)16(19)17-15-11-12-8-9-13(15)10-12/h3-7,12-13,15H,2,8-11H2,1H3,(H,17,19)/t12-,13-,15+/m0/s1. The lowest BCUT2D eigenvalue weighted by Gasteiger charge is -2.30. The molecule has 2 saturated carbocycles. The van der Waals surface area contributed by atoms with Crippen molar-refractivity contribution in [2.75, 3.05) is 11.4 Å². The molecule has 102 valence electrons. The van der Waals surface area contributed by atoms with Crippen LogP contribution in [0.5, 0.6) is 0 Å². The molecule has 1 aromatic rings. The second kappa shape index (κ2) is 5.49. The van der Waals surface area contributed by atoms with Crippen molar-refractivity contribution in [1.82, 2.24) is 5.32 Å². The Balaban J connectivity index is 1.65. The molecule has 2 nitrogen and oxygen atoms in total. The number of rotatable bonds is 3. The summed E-state index contributed by atoms with van der Waals surface area (Å²) in [7, 11) is 0. The van der Waals surface area contributed by atoms with E-state index in [1.54, 1.807) is 0 Å². The molecular formula is C16H22N2S. The minimum atomic E-state index is 0.615. The Morgan fingerprint density at radius 1 is 1.26 bits per heavy atom. The Morgan fingerprint density at radius 2 is 2.05 bits per heavy atom. The number of thiocarbonyl (C=S) groups is 1. The number of benzene rings is 1. The minimum absolute atomic E-state index is 0.615. The Hall–Kier alpha value is -1.09. The monoisotopic (exact) mass is 274 g/mol. The summed E-state index contributed by atoms with van der Waals surface area (Å²) in [5.41, 5.74) is 1.19. The van der Waals surface area contributed by atoms with E-state index in [2.05, 4.69) is 41.4 Å². The molecule has 0 unspecified atom stereocenters. The molecular weight excluding hydrogens is 252 g/mol. The van der Waals surface area contributed by atoms with Gasteiger partial charge in [0, 0.05) is 18.3 Å². The fraction of sp³-hybridized carbons (Fsp3) is 0.562. The molecule has 0 spiro atoms. The lowest BCUT2D eigenvalue weighted by atomic mass is 9.95. The molecule has 1 N–H and O–H groups in total. The summed E-state index contributed by atoms with van der Waals surface area (Å²) in [5, 5.41) is 4.51. The Kier molecular flexibility index (Phi) is 3.74. The van der Waals surface area contributed by atoms with Gasteiger partial charge in [-0.3, -0.25) is 0 Å². The average Bonchev–Trinajstić information content (AvgIpc) is 3.03. The van der Waals surface area contributed by atoms with Crippen LogP contribution in [0.15, 0.2) is 30.3 Å². The molecule has 3 atom stereocenters. The molecule has 0 heterocycles. The first-order valence-electron chi connectivity index (χ1n) is 7.41. The quantitative estimate of drug-likeness (QED) is 0.848. The zero-order valence-corrected chi connectivity index (χ0v) is 12.3. The first-order chi connectivity index (χ1) is 9.28. The van der Waals surface area contributed by atoms with Crippen LogP contribution in [0, 0.1) is 11.8 Å². The van der Waals surface area contributed by atoms with E-state index < -0.39 is 0 Å². The highest BCUT2D eigenvalue weighted by molar-refractivity contribution is 7.80. The van der Waals surface area contributed by atoms with E-state index in [0.717, 1.165) is 23.5 Å². The van der Waals surface area contributed by atoms with E-state index >= 15 is 0 Å². The van der Waals surface area contributed by atoms with Crippen LogP contribution in [0.3, 0.4) is 0 Å². The van der Waals surface area contributed by atoms with Gasteiger partial charge in [-0.15, -0.1) is 0 Å². The van der Waals surface area contributed by atoms with Gasteiger partial charge in [-0.2, -0.15) is 0 Å². The van der Waals surface area contributed by atoms with E-state index in [9.17, 15) is 0 Å². The highest BCUT2D eigenvalue weighted by Crippen LogP contribution is 2.44. The molecule has 0 saturated heterocycles. The lowest BCUT2D eigenvalue weighted by Crippen LogP contribution is -2.46. The van der Waals surface area contributed by atoms with Crippen LogP contribution in [-0.2, 0) is 0 Å². The first-order valence-corrected chi connectivity index (χ1v) is 7.82. The molecule has 0 radical (unpaired) electrons. The van der Waals surface area contributed by atoms with E-state index in [1.165, 1.54) is 31.4 Å². The molecule has 0 aliphatic heterocycles. The van der Waals surface area contributed by atoms with Gasteiger partial charge >= 0.3 is 0 Å². The number of para-hydroxylation sites is 1. The van der Waals surface area contributed by atoms with Crippen molar-refractivity contribution >= 4 is 23.0 Å². The number of fused-ring (bicyclic) bond motifs is 2. The zero-order chi connectivity index (χ0) is 13.2.